The number of hydrogen-bond donors (Lipinski definition) is 2. The standard InChI is InChI=1S/C18H17N3O/c1-12-9-16(18(19)20)15-10-14(7-8-17(15)21-12)22-11-13-5-3-2-4-6-13/h2-10H,11H2,1H3,(H3,19,20). The number of rotatable bonds is 4. The highest BCUT2D eigenvalue weighted by molar-refractivity contribution is 6.07. The Hall–Kier alpha value is -2.88. The Kier molecular flexibility index (Phi) is 3.74. The number of nitrogens with zero attached hydrogens (tertiary/aromatic N) is 1. The van der Waals surface area contributed by atoms with Crippen LogP contribution in [0.15, 0.2) is 54.6 Å². The predicted molar refractivity (Wildman–Crippen MR) is 88.3 cm³/mol. The summed E-state index contributed by atoms with van der Waals surface area (Å²) in [6.07, 6.45) is 0. The summed E-state index contributed by atoms with van der Waals surface area (Å²) in [5.74, 6) is 0.778. The molecule has 22 heavy (non-hydrogen) atoms. The first-order chi connectivity index (χ1) is 10.6. The van der Waals surface area contributed by atoms with Crippen molar-refractivity contribution in [2.24, 2.45) is 5.73 Å². The highest BCUT2D eigenvalue weighted by atomic mass is 16.5. The molecule has 0 aliphatic carbocycles. The fourth-order valence-electron chi connectivity index (χ4n) is 2.39. The van der Waals surface area contributed by atoms with Crippen LogP contribution in [0.2, 0.25) is 0 Å². The Morgan fingerprint density at radius 2 is 1.91 bits per heavy atom. The van der Waals surface area contributed by atoms with Gasteiger partial charge in [-0.05, 0) is 36.8 Å². The maximum absolute atomic E-state index is 7.73. The Morgan fingerprint density at radius 3 is 2.64 bits per heavy atom. The first kappa shape index (κ1) is 14.1. The van der Waals surface area contributed by atoms with Gasteiger partial charge in [0, 0.05) is 16.6 Å². The zero-order valence-electron chi connectivity index (χ0n) is 12.3. The Balaban J connectivity index is 1.93. The smallest absolute Gasteiger partial charge is 0.123 e. The fraction of sp³-hybridized carbons (Fsp3) is 0.111. The van der Waals surface area contributed by atoms with Gasteiger partial charge in [-0.25, -0.2) is 0 Å². The monoisotopic (exact) mass is 291 g/mol. The van der Waals surface area contributed by atoms with Gasteiger partial charge in [0.2, 0.25) is 0 Å². The van der Waals surface area contributed by atoms with Gasteiger partial charge in [0.1, 0.15) is 18.2 Å². The topological polar surface area (TPSA) is 72.0 Å². The molecule has 0 amide bonds. The first-order valence-electron chi connectivity index (χ1n) is 7.06. The molecule has 1 heterocycles. The van der Waals surface area contributed by atoms with Crippen LogP contribution in [0.3, 0.4) is 0 Å². The van der Waals surface area contributed by atoms with Gasteiger partial charge in [0.15, 0.2) is 0 Å². The number of aromatic nitrogens is 1. The van der Waals surface area contributed by atoms with Crippen molar-refractivity contribution in [3.05, 3.63) is 71.4 Å². The maximum Gasteiger partial charge on any atom is 0.123 e. The van der Waals surface area contributed by atoms with Crippen molar-refractivity contribution < 1.29 is 4.74 Å². The predicted octanol–water partition coefficient (Wildman–Crippen LogP) is 3.41. The molecule has 1 aromatic heterocycles. The van der Waals surface area contributed by atoms with Crippen LogP contribution in [-0.4, -0.2) is 10.8 Å². The van der Waals surface area contributed by atoms with Crippen LogP contribution in [0.1, 0.15) is 16.8 Å². The summed E-state index contributed by atoms with van der Waals surface area (Å²) in [6, 6.07) is 17.5. The van der Waals surface area contributed by atoms with Crippen molar-refractivity contribution in [3.63, 3.8) is 0 Å². The number of hydrogen-bond acceptors (Lipinski definition) is 3. The molecular weight excluding hydrogens is 274 g/mol. The van der Waals surface area contributed by atoms with Gasteiger partial charge in [-0.15, -0.1) is 0 Å². The molecule has 3 rings (SSSR count). The van der Waals surface area contributed by atoms with Crippen molar-refractivity contribution in [1.82, 2.24) is 4.98 Å². The van der Waals surface area contributed by atoms with Crippen LogP contribution in [-0.2, 0) is 6.61 Å². The molecule has 0 fully saturated rings. The molecule has 3 N–H and O–H groups in total. The molecule has 0 radical (unpaired) electrons. The van der Waals surface area contributed by atoms with Crippen molar-refractivity contribution in [2.45, 2.75) is 13.5 Å². The quantitative estimate of drug-likeness (QED) is 0.571. The highest BCUT2D eigenvalue weighted by Gasteiger charge is 2.08. The van der Waals surface area contributed by atoms with Crippen LogP contribution in [0.5, 0.6) is 5.75 Å². The van der Waals surface area contributed by atoms with Crippen molar-refractivity contribution in [2.75, 3.05) is 0 Å². The molecule has 2 aromatic carbocycles. The SMILES string of the molecule is Cc1cc(C(=N)N)c2cc(OCc3ccccc3)ccc2n1. The summed E-state index contributed by atoms with van der Waals surface area (Å²) in [6.45, 7) is 2.40. The number of ether oxygens (including phenoxy) is 1. The second-order valence-electron chi connectivity index (χ2n) is 5.18. The number of fused-ring (bicyclic) bond motifs is 1. The van der Waals surface area contributed by atoms with E-state index in [9.17, 15) is 0 Å². The molecule has 0 saturated carbocycles. The van der Waals surface area contributed by atoms with Crippen LogP contribution in [0.25, 0.3) is 10.9 Å². The minimum Gasteiger partial charge on any atom is -0.489 e. The molecule has 0 aliphatic heterocycles. The number of aryl methyl sites for hydroxylation is 1. The van der Waals surface area contributed by atoms with Gasteiger partial charge in [0.05, 0.1) is 5.52 Å². The third-order valence-electron chi connectivity index (χ3n) is 3.45. The minimum atomic E-state index is 0.0377. The zero-order chi connectivity index (χ0) is 15.5. The van der Waals surface area contributed by atoms with Gasteiger partial charge in [-0.3, -0.25) is 10.4 Å². The van der Waals surface area contributed by atoms with E-state index in [1.165, 1.54) is 0 Å². The number of pyridine rings is 1. The average Bonchev–Trinajstić information content (AvgIpc) is 2.53. The van der Waals surface area contributed by atoms with Gasteiger partial charge in [0.25, 0.3) is 0 Å². The van der Waals surface area contributed by atoms with Crippen LogP contribution < -0.4 is 10.5 Å². The van der Waals surface area contributed by atoms with E-state index in [1.54, 1.807) is 0 Å². The number of nitrogen functional groups attached to an aromatic ring is 1. The number of nitrogens with two attached hydrogens (primary N) is 1. The molecular formula is C18H17N3O. The van der Waals surface area contributed by atoms with E-state index in [1.807, 2.05) is 61.5 Å². The van der Waals surface area contributed by atoms with E-state index >= 15 is 0 Å². The summed E-state index contributed by atoms with van der Waals surface area (Å²) < 4.78 is 5.83. The van der Waals surface area contributed by atoms with Gasteiger partial charge in [-0.1, -0.05) is 30.3 Å². The first-order valence-corrected chi connectivity index (χ1v) is 7.06. The number of benzene rings is 2. The van der Waals surface area contributed by atoms with E-state index in [2.05, 4.69) is 4.98 Å². The molecule has 4 heteroatoms. The number of amidine groups is 1. The van der Waals surface area contributed by atoms with E-state index < -0.39 is 0 Å². The van der Waals surface area contributed by atoms with Gasteiger partial charge < -0.3 is 10.5 Å². The lowest BCUT2D eigenvalue weighted by Crippen LogP contribution is -2.12. The maximum atomic E-state index is 7.73. The van der Waals surface area contributed by atoms with Crippen molar-refractivity contribution in [1.29, 1.82) is 5.41 Å². The van der Waals surface area contributed by atoms with Crippen molar-refractivity contribution in [3.8, 4) is 5.75 Å². The molecule has 0 unspecified atom stereocenters. The molecule has 0 saturated heterocycles. The van der Waals surface area contributed by atoms with Gasteiger partial charge in [-0.2, -0.15) is 0 Å². The molecule has 4 nitrogen and oxygen atoms in total. The summed E-state index contributed by atoms with van der Waals surface area (Å²) in [7, 11) is 0. The molecule has 0 aliphatic rings. The lowest BCUT2D eigenvalue weighted by Gasteiger charge is -2.10. The number of nitrogens with one attached hydrogen (secondary N) is 1. The minimum absolute atomic E-state index is 0.0377. The summed E-state index contributed by atoms with van der Waals surface area (Å²) in [5, 5.41) is 8.57. The Bertz CT molecular complexity index is 828. The lowest BCUT2D eigenvalue weighted by molar-refractivity contribution is 0.306. The van der Waals surface area contributed by atoms with E-state index in [0.29, 0.717) is 12.2 Å². The Morgan fingerprint density at radius 1 is 1.14 bits per heavy atom. The normalized spacial score (nSPS) is 10.6. The van der Waals surface area contributed by atoms with Crippen LogP contribution >= 0.6 is 0 Å². The van der Waals surface area contributed by atoms with Crippen LogP contribution in [0, 0.1) is 12.3 Å². The summed E-state index contributed by atoms with van der Waals surface area (Å²) >= 11 is 0. The summed E-state index contributed by atoms with van der Waals surface area (Å²) in [5.41, 5.74) is 9.13. The average molecular weight is 291 g/mol. The second kappa shape index (κ2) is 5.85. The molecule has 0 spiro atoms. The molecule has 110 valence electrons. The lowest BCUT2D eigenvalue weighted by atomic mass is 10.1. The second-order valence-corrected chi connectivity index (χ2v) is 5.18. The molecule has 0 bridgehead atoms. The van der Waals surface area contributed by atoms with Crippen molar-refractivity contribution >= 4 is 16.7 Å². The third-order valence-corrected chi connectivity index (χ3v) is 3.45. The van der Waals surface area contributed by atoms with E-state index in [0.717, 1.165) is 27.9 Å². The largest absolute Gasteiger partial charge is 0.489 e. The third kappa shape index (κ3) is 2.91. The fourth-order valence-corrected chi connectivity index (χ4v) is 2.39. The molecule has 0 atom stereocenters. The summed E-state index contributed by atoms with van der Waals surface area (Å²) in [4.78, 5) is 4.47. The van der Waals surface area contributed by atoms with E-state index in [-0.39, 0.29) is 5.84 Å². The van der Waals surface area contributed by atoms with E-state index in [4.69, 9.17) is 15.9 Å². The zero-order valence-corrected chi connectivity index (χ0v) is 12.3. The molecule has 3 aromatic rings. The van der Waals surface area contributed by atoms with Crippen LogP contribution in [0.4, 0.5) is 0 Å². The Labute approximate surface area is 129 Å². The highest BCUT2D eigenvalue weighted by Crippen LogP contribution is 2.24. The van der Waals surface area contributed by atoms with Gasteiger partial charge >= 0.3 is 0 Å².